The molecule has 2 saturated heterocycles. The van der Waals surface area contributed by atoms with E-state index in [0.29, 0.717) is 11.8 Å². The predicted molar refractivity (Wildman–Crippen MR) is 150 cm³/mol. The molecule has 0 radical (unpaired) electrons. The van der Waals surface area contributed by atoms with Gasteiger partial charge in [0.05, 0.1) is 0 Å². The molecule has 0 saturated carbocycles. The van der Waals surface area contributed by atoms with Crippen molar-refractivity contribution in [1.29, 1.82) is 0 Å². The van der Waals surface area contributed by atoms with Crippen LogP contribution in [0.4, 0.5) is 0 Å². The van der Waals surface area contributed by atoms with Crippen molar-refractivity contribution in [2.45, 2.75) is 81.1 Å². The largest absolute Gasteiger partial charge is 0.342 e. The van der Waals surface area contributed by atoms with Crippen LogP contribution in [0.3, 0.4) is 0 Å². The highest BCUT2D eigenvalue weighted by Gasteiger charge is 2.47. The highest BCUT2D eigenvalue weighted by molar-refractivity contribution is 8.00. The zero-order chi connectivity index (χ0) is 25.9. The minimum Gasteiger partial charge on any atom is -0.342 e. The van der Waals surface area contributed by atoms with Crippen molar-refractivity contribution in [3.8, 4) is 0 Å². The number of nitrogens with one attached hydrogen (secondary N) is 1. The predicted octanol–water partition coefficient (Wildman–Crippen LogP) is 4.92. The molecule has 0 spiro atoms. The van der Waals surface area contributed by atoms with Gasteiger partial charge in [-0.3, -0.25) is 9.59 Å². The molecule has 2 aromatic rings. The van der Waals surface area contributed by atoms with Gasteiger partial charge in [-0.15, -0.1) is 11.8 Å². The standard InChI is InChI=1S/C31H41N3O2S/c1-4-21(5-2)29-30(35)32-28(25-18-22-10-6-7-11-23(22)19-25)31(36)34(29)20-24-12-8-9-13-27(24)37-26-14-16-33(3)17-15-26/h6-13,21,25-26,28-29H,4-5,14-20H2,1-3H3,(H,32,35)/t28-,29-/m1/s1. The molecular weight excluding hydrogens is 478 g/mol. The van der Waals surface area contributed by atoms with Crippen LogP contribution in [0.2, 0.25) is 0 Å². The van der Waals surface area contributed by atoms with Gasteiger partial charge < -0.3 is 15.1 Å². The molecule has 5 nitrogen and oxygen atoms in total. The van der Waals surface area contributed by atoms with E-state index >= 15 is 0 Å². The van der Waals surface area contributed by atoms with Gasteiger partial charge >= 0.3 is 0 Å². The summed E-state index contributed by atoms with van der Waals surface area (Å²) in [4.78, 5) is 33.4. The van der Waals surface area contributed by atoms with Gasteiger partial charge in [0.25, 0.3) is 0 Å². The molecule has 2 aliphatic heterocycles. The van der Waals surface area contributed by atoms with Crippen LogP contribution in [-0.4, -0.2) is 59.1 Å². The lowest BCUT2D eigenvalue weighted by atomic mass is 9.86. The van der Waals surface area contributed by atoms with E-state index in [1.54, 1.807) is 0 Å². The maximum atomic E-state index is 14.2. The van der Waals surface area contributed by atoms with Crippen LogP contribution in [0.5, 0.6) is 0 Å². The molecule has 6 heteroatoms. The third-order valence-electron chi connectivity index (χ3n) is 8.77. The van der Waals surface area contributed by atoms with Crippen LogP contribution in [0.25, 0.3) is 0 Å². The number of fused-ring (bicyclic) bond motifs is 1. The monoisotopic (exact) mass is 519 g/mol. The number of nitrogens with zero attached hydrogens (tertiary/aromatic N) is 2. The van der Waals surface area contributed by atoms with Gasteiger partial charge in [-0.05, 0) is 80.4 Å². The topological polar surface area (TPSA) is 52.7 Å². The van der Waals surface area contributed by atoms with E-state index in [1.807, 2.05) is 16.7 Å². The molecule has 198 valence electrons. The molecule has 1 aliphatic carbocycles. The maximum Gasteiger partial charge on any atom is 0.246 e. The van der Waals surface area contributed by atoms with E-state index in [-0.39, 0.29) is 23.7 Å². The average Bonchev–Trinajstić information content (AvgIpc) is 3.34. The summed E-state index contributed by atoms with van der Waals surface area (Å²) in [6.07, 6.45) is 5.81. The van der Waals surface area contributed by atoms with E-state index in [1.165, 1.54) is 34.4 Å². The molecule has 2 amide bonds. The zero-order valence-electron chi connectivity index (χ0n) is 22.5. The Morgan fingerprint density at radius 1 is 0.946 bits per heavy atom. The highest BCUT2D eigenvalue weighted by Crippen LogP contribution is 2.36. The lowest BCUT2D eigenvalue weighted by molar-refractivity contribution is -0.154. The first-order chi connectivity index (χ1) is 18.0. The fourth-order valence-corrected chi connectivity index (χ4v) is 7.75. The second-order valence-corrected chi connectivity index (χ2v) is 12.5. The van der Waals surface area contributed by atoms with Gasteiger partial charge in [-0.2, -0.15) is 0 Å². The Hall–Kier alpha value is -2.31. The molecule has 2 atom stereocenters. The molecule has 5 rings (SSSR count). The lowest BCUT2D eigenvalue weighted by Gasteiger charge is -2.44. The van der Waals surface area contributed by atoms with E-state index < -0.39 is 12.1 Å². The molecular formula is C31H41N3O2S. The van der Waals surface area contributed by atoms with Gasteiger partial charge in [0.15, 0.2) is 0 Å². The minimum absolute atomic E-state index is 0.0229. The molecule has 3 aliphatic rings. The number of amides is 2. The Morgan fingerprint density at radius 3 is 2.22 bits per heavy atom. The van der Waals surface area contributed by atoms with E-state index in [9.17, 15) is 9.59 Å². The molecule has 2 heterocycles. The Bertz CT molecular complexity index is 1080. The fraction of sp³-hybridized carbons (Fsp3) is 0.548. The number of piperidine rings is 1. The Morgan fingerprint density at radius 2 is 1.57 bits per heavy atom. The molecule has 0 bridgehead atoms. The van der Waals surface area contributed by atoms with Crippen molar-refractivity contribution in [2.75, 3.05) is 20.1 Å². The molecule has 2 fully saturated rings. The average molecular weight is 520 g/mol. The number of likely N-dealkylation sites (tertiary alicyclic amines) is 1. The van der Waals surface area contributed by atoms with E-state index in [0.717, 1.165) is 38.8 Å². The van der Waals surface area contributed by atoms with Crippen molar-refractivity contribution in [3.63, 3.8) is 0 Å². The van der Waals surface area contributed by atoms with Crippen LogP contribution < -0.4 is 5.32 Å². The summed E-state index contributed by atoms with van der Waals surface area (Å²) in [5, 5.41) is 3.80. The van der Waals surface area contributed by atoms with Crippen LogP contribution in [0, 0.1) is 11.8 Å². The SMILES string of the molecule is CCC(CC)[C@@H]1C(=O)N[C@H](C2Cc3ccccc3C2)C(=O)N1Cc1ccccc1SC1CCN(C)CC1. The number of piperazine rings is 1. The van der Waals surface area contributed by atoms with Crippen LogP contribution in [0.1, 0.15) is 56.2 Å². The first-order valence-electron chi connectivity index (χ1n) is 14.1. The van der Waals surface area contributed by atoms with Crippen molar-refractivity contribution < 1.29 is 9.59 Å². The van der Waals surface area contributed by atoms with Crippen molar-refractivity contribution >= 4 is 23.6 Å². The summed E-state index contributed by atoms with van der Waals surface area (Å²) < 4.78 is 0. The fourth-order valence-electron chi connectivity index (χ4n) is 6.50. The Labute approximate surface area is 226 Å². The Kier molecular flexibility index (Phi) is 8.25. The lowest BCUT2D eigenvalue weighted by Crippen LogP contribution is -2.66. The second-order valence-electron chi connectivity index (χ2n) is 11.1. The third-order valence-corrected chi connectivity index (χ3v) is 10.2. The van der Waals surface area contributed by atoms with Gasteiger partial charge in [-0.1, -0.05) is 69.2 Å². The Balaban J connectivity index is 1.40. The number of benzene rings is 2. The second kappa shape index (κ2) is 11.6. The van der Waals surface area contributed by atoms with Crippen molar-refractivity contribution in [2.24, 2.45) is 11.8 Å². The summed E-state index contributed by atoms with van der Waals surface area (Å²) in [6.45, 7) is 7.03. The number of hydrogen-bond donors (Lipinski definition) is 1. The van der Waals surface area contributed by atoms with Crippen molar-refractivity contribution in [3.05, 3.63) is 65.2 Å². The molecule has 1 N–H and O–H groups in total. The van der Waals surface area contributed by atoms with E-state index in [4.69, 9.17) is 0 Å². The zero-order valence-corrected chi connectivity index (χ0v) is 23.3. The number of hydrogen-bond acceptors (Lipinski definition) is 4. The van der Waals surface area contributed by atoms with Gasteiger partial charge in [0, 0.05) is 16.7 Å². The normalized spacial score (nSPS) is 23.5. The van der Waals surface area contributed by atoms with E-state index in [2.05, 4.69) is 79.6 Å². The highest BCUT2D eigenvalue weighted by atomic mass is 32.2. The summed E-state index contributed by atoms with van der Waals surface area (Å²) >= 11 is 1.96. The molecule has 0 aromatic heterocycles. The maximum absolute atomic E-state index is 14.2. The molecule has 2 aromatic carbocycles. The summed E-state index contributed by atoms with van der Waals surface area (Å²) in [5.41, 5.74) is 3.78. The van der Waals surface area contributed by atoms with Gasteiger partial charge in [-0.25, -0.2) is 0 Å². The van der Waals surface area contributed by atoms with Crippen LogP contribution >= 0.6 is 11.8 Å². The minimum atomic E-state index is -0.459. The van der Waals surface area contributed by atoms with Crippen LogP contribution in [-0.2, 0) is 29.0 Å². The quantitative estimate of drug-likeness (QED) is 0.538. The van der Waals surface area contributed by atoms with Crippen LogP contribution in [0.15, 0.2) is 53.4 Å². The summed E-state index contributed by atoms with van der Waals surface area (Å²) in [6, 6.07) is 16.1. The summed E-state index contributed by atoms with van der Waals surface area (Å²) in [7, 11) is 2.19. The third kappa shape index (κ3) is 5.61. The number of thioether (sulfide) groups is 1. The first kappa shape index (κ1) is 26.3. The van der Waals surface area contributed by atoms with Crippen molar-refractivity contribution in [1.82, 2.24) is 15.1 Å². The smallest absolute Gasteiger partial charge is 0.246 e. The number of carbonyl (C=O) groups excluding carboxylic acids is 2. The summed E-state index contributed by atoms with van der Waals surface area (Å²) in [5.74, 6) is 0.380. The number of carbonyl (C=O) groups is 2. The molecule has 0 unspecified atom stereocenters. The van der Waals surface area contributed by atoms with Gasteiger partial charge in [0.1, 0.15) is 12.1 Å². The first-order valence-corrected chi connectivity index (χ1v) is 15.0. The number of rotatable bonds is 8. The van der Waals surface area contributed by atoms with Gasteiger partial charge in [0.2, 0.25) is 11.8 Å². The molecule has 37 heavy (non-hydrogen) atoms.